The number of nitrogens with zero attached hydrogens (tertiary/aromatic N) is 2. The van der Waals surface area contributed by atoms with Gasteiger partial charge in [0.1, 0.15) is 11.2 Å². The van der Waals surface area contributed by atoms with Crippen molar-refractivity contribution < 1.29 is 4.42 Å². The molecule has 0 bridgehead atoms. The SMILES string of the molecule is CC1(C)c2ccccc2-c2cc3c4cc5c(cc4n(-c4ccc6c(c4)c4ccccc4n6-c4ccc6oc7ccccc7c6c4)c3cc21)Sc1ccccc1S5. The average Bonchev–Trinajstić information content (AvgIpc) is 3.93. The minimum Gasteiger partial charge on any atom is -0.456 e. The lowest BCUT2D eigenvalue weighted by Gasteiger charge is -2.21. The van der Waals surface area contributed by atoms with Crippen LogP contribution in [0.2, 0.25) is 0 Å². The molecule has 3 aromatic heterocycles. The van der Waals surface area contributed by atoms with Crippen LogP contribution in [0.25, 0.3) is 88.1 Å². The van der Waals surface area contributed by atoms with Crippen molar-refractivity contribution in [1.82, 2.24) is 9.13 Å². The molecule has 0 atom stereocenters. The molecule has 4 heterocycles. The molecule has 0 spiro atoms. The molecule has 3 nitrogen and oxygen atoms in total. The summed E-state index contributed by atoms with van der Waals surface area (Å²) in [6.07, 6.45) is 0. The molecule has 1 aliphatic carbocycles. The van der Waals surface area contributed by atoms with Crippen molar-refractivity contribution in [3.05, 3.63) is 169 Å². The standard InChI is InChI=1S/C51H32N2OS2/c1-51(2)39-14-6-3-11-31(39)34-25-36-37-26-49-50(56-48-18-10-9-17-47(48)55-49)28-44(37)53(43(36)27-40(34)51)29-19-21-42-35(23-29)32-12-4-7-15-41(32)52(42)30-20-22-46-38(24-30)33-13-5-8-16-45(33)54-46/h3-28H,1-2H3. The molecular weight excluding hydrogens is 721 g/mol. The maximum atomic E-state index is 6.22. The van der Waals surface area contributed by atoms with E-state index < -0.39 is 0 Å². The van der Waals surface area contributed by atoms with E-state index in [0.717, 1.165) is 27.6 Å². The molecule has 11 aromatic rings. The van der Waals surface area contributed by atoms with E-state index in [-0.39, 0.29) is 5.41 Å². The Balaban J connectivity index is 1.08. The minimum atomic E-state index is -0.104. The minimum absolute atomic E-state index is 0.104. The Labute approximate surface area is 331 Å². The van der Waals surface area contributed by atoms with Gasteiger partial charge in [0.15, 0.2) is 0 Å². The van der Waals surface area contributed by atoms with E-state index >= 15 is 0 Å². The number of hydrogen-bond donors (Lipinski definition) is 0. The summed E-state index contributed by atoms with van der Waals surface area (Å²) in [7, 11) is 0. The predicted octanol–water partition coefficient (Wildman–Crippen LogP) is 14.7. The van der Waals surface area contributed by atoms with Gasteiger partial charge in [-0.05, 0) is 107 Å². The largest absolute Gasteiger partial charge is 0.456 e. The van der Waals surface area contributed by atoms with Gasteiger partial charge in [-0.1, -0.05) is 110 Å². The number of rotatable bonds is 2. The average molecular weight is 753 g/mol. The summed E-state index contributed by atoms with van der Waals surface area (Å²) in [6, 6.07) is 58.4. The van der Waals surface area contributed by atoms with Crippen molar-refractivity contribution in [1.29, 1.82) is 0 Å². The van der Waals surface area contributed by atoms with Gasteiger partial charge in [0, 0.05) is 68.7 Å². The summed E-state index contributed by atoms with van der Waals surface area (Å²) < 4.78 is 11.2. The van der Waals surface area contributed by atoms with Crippen LogP contribution in [0.1, 0.15) is 25.0 Å². The third-order valence-electron chi connectivity index (χ3n) is 12.4. The fraction of sp³-hybridized carbons (Fsp3) is 0.0588. The first-order chi connectivity index (χ1) is 27.5. The van der Waals surface area contributed by atoms with Gasteiger partial charge >= 0.3 is 0 Å². The predicted molar refractivity (Wildman–Crippen MR) is 235 cm³/mol. The zero-order chi connectivity index (χ0) is 36.9. The molecule has 56 heavy (non-hydrogen) atoms. The molecule has 5 heteroatoms. The molecule has 0 fully saturated rings. The highest BCUT2D eigenvalue weighted by Gasteiger charge is 2.36. The van der Waals surface area contributed by atoms with Gasteiger partial charge in [0.2, 0.25) is 0 Å². The lowest BCUT2D eigenvalue weighted by atomic mass is 9.82. The zero-order valence-electron chi connectivity index (χ0n) is 30.6. The highest BCUT2D eigenvalue weighted by molar-refractivity contribution is 8.05. The first kappa shape index (κ1) is 31.1. The van der Waals surface area contributed by atoms with Crippen molar-refractivity contribution in [3.63, 3.8) is 0 Å². The van der Waals surface area contributed by atoms with Crippen LogP contribution < -0.4 is 0 Å². The molecule has 0 amide bonds. The molecule has 8 aromatic carbocycles. The Morgan fingerprint density at radius 1 is 0.393 bits per heavy atom. The van der Waals surface area contributed by atoms with E-state index in [1.807, 2.05) is 35.7 Å². The highest BCUT2D eigenvalue weighted by atomic mass is 32.2. The molecule has 1 aliphatic heterocycles. The monoisotopic (exact) mass is 752 g/mol. The number of hydrogen-bond acceptors (Lipinski definition) is 3. The van der Waals surface area contributed by atoms with Gasteiger partial charge in [-0.15, -0.1) is 0 Å². The topological polar surface area (TPSA) is 23.0 Å². The van der Waals surface area contributed by atoms with Crippen molar-refractivity contribution in [2.24, 2.45) is 0 Å². The van der Waals surface area contributed by atoms with Crippen LogP contribution in [0, 0.1) is 0 Å². The number of aromatic nitrogens is 2. The van der Waals surface area contributed by atoms with Crippen molar-refractivity contribution in [3.8, 4) is 22.5 Å². The van der Waals surface area contributed by atoms with Crippen LogP contribution in [0.4, 0.5) is 0 Å². The summed E-state index contributed by atoms with van der Waals surface area (Å²) in [4.78, 5) is 5.28. The Kier molecular flexibility index (Phi) is 6.11. The van der Waals surface area contributed by atoms with Gasteiger partial charge < -0.3 is 13.6 Å². The van der Waals surface area contributed by atoms with Gasteiger partial charge in [-0.3, -0.25) is 0 Å². The van der Waals surface area contributed by atoms with Crippen LogP contribution >= 0.6 is 23.5 Å². The lowest BCUT2D eigenvalue weighted by Crippen LogP contribution is -2.14. The number of benzene rings is 8. The number of fused-ring (bicyclic) bond motifs is 14. The summed E-state index contributed by atoms with van der Waals surface area (Å²) in [5, 5.41) is 7.32. The summed E-state index contributed by atoms with van der Waals surface area (Å²) in [6.45, 7) is 4.76. The van der Waals surface area contributed by atoms with Gasteiger partial charge in [-0.25, -0.2) is 0 Å². The van der Waals surface area contributed by atoms with Gasteiger partial charge in [0.05, 0.1) is 22.1 Å². The Bertz CT molecular complexity index is 3530. The van der Waals surface area contributed by atoms with Gasteiger partial charge in [-0.2, -0.15) is 0 Å². The van der Waals surface area contributed by atoms with Crippen molar-refractivity contribution in [2.75, 3.05) is 0 Å². The zero-order valence-corrected chi connectivity index (χ0v) is 32.3. The van der Waals surface area contributed by atoms with Crippen LogP contribution in [0.5, 0.6) is 0 Å². The smallest absolute Gasteiger partial charge is 0.135 e. The lowest BCUT2D eigenvalue weighted by molar-refractivity contribution is 0.661. The van der Waals surface area contributed by atoms with Crippen LogP contribution in [-0.2, 0) is 5.41 Å². The maximum absolute atomic E-state index is 6.22. The molecule has 0 saturated carbocycles. The quantitative estimate of drug-likeness (QED) is 0.176. The van der Waals surface area contributed by atoms with Crippen molar-refractivity contribution in [2.45, 2.75) is 38.8 Å². The normalized spacial score (nSPS) is 14.2. The molecule has 0 N–H and O–H groups in total. The summed E-state index contributed by atoms with van der Waals surface area (Å²) >= 11 is 3.78. The third kappa shape index (κ3) is 4.11. The summed E-state index contributed by atoms with van der Waals surface area (Å²) in [5.41, 5.74) is 14.3. The second-order valence-electron chi connectivity index (χ2n) is 15.7. The third-order valence-corrected chi connectivity index (χ3v) is 14.9. The first-order valence-electron chi connectivity index (χ1n) is 19.2. The van der Waals surface area contributed by atoms with E-state index in [9.17, 15) is 0 Å². The molecule has 0 unspecified atom stereocenters. The molecule has 0 radical (unpaired) electrons. The second kappa shape index (κ2) is 11.0. The second-order valence-corrected chi connectivity index (χ2v) is 17.9. The fourth-order valence-corrected chi connectivity index (χ4v) is 12.0. The fourth-order valence-electron chi connectivity index (χ4n) is 9.74. The van der Waals surface area contributed by atoms with E-state index in [2.05, 4.69) is 169 Å². The number of para-hydroxylation sites is 2. The first-order valence-corrected chi connectivity index (χ1v) is 20.8. The Hall–Kier alpha value is -6.14. The van der Waals surface area contributed by atoms with E-state index in [1.54, 1.807) is 0 Å². The van der Waals surface area contributed by atoms with Crippen LogP contribution in [0.3, 0.4) is 0 Å². The molecule has 264 valence electrons. The van der Waals surface area contributed by atoms with Crippen LogP contribution in [-0.4, -0.2) is 9.13 Å². The highest BCUT2D eigenvalue weighted by Crippen LogP contribution is 2.54. The molecule has 13 rings (SSSR count). The van der Waals surface area contributed by atoms with E-state index in [0.29, 0.717) is 0 Å². The Morgan fingerprint density at radius 2 is 0.982 bits per heavy atom. The maximum Gasteiger partial charge on any atom is 0.135 e. The molecule has 2 aliphatic rings. The van der Waals surface area contributed by atoms with E-state index in [4.69, 9.17) is 4.42 Å². The Morgan fingerprint density at radius 3 is 1.84 bits per heavy atom. The van der Waals surface area contributed by atoms with Gasteiger partial charge in [0.25, 0.3) is 0 Å². The molecule has 0 saturated heterocycles. The number of furan rings is 1. The van der Waals surface area contributed by atoms with Crippen LogP contribution in [0.15, 0.2) is 182 Å². The van der Waals surface area contributed by atoms with E-state index in [1.165, 1.54) is 91.1 Å². The summed E-state index contributed by atoms with van der Waals surface area (Å²) in [5.74, 6) is 0. The molecular formula is C51H32N2OS2. The van der Waals surface area contributed by atoms with Crippen molar-refractivity contribution >= 4 is 89.1 Å².